The molecule has 2 aromatic heterocycles. The maximum atomic E-state index is 14.3. The fourth-order valence-electron chi connectivity index (χ4n) is 2.65. The van der Waals surface area contributed by atoms with Crippen molar-refractivity contribution in [3.05, 3.63) is 44.7 Å². The summed E-state index contributed by atoms with van der Waals surface area (Å²) in [5.74, 6) is 0.389. The van der Waals surface area contributed by atoms with Gasteiger partial charge in [0.2, 0.25) is 0 Å². The fourth-order valence-corrected chi connectivity index (χ4v) is 2.65. The van der Waals surface area contributed by atoms with E-state index in [1.165, 1.54) is 12.4 Å². The first-order chi connectivity index (χ1) is 11.1. The lowest BCUT2D eigenvalue weighted by molar-refractivity contribution is 0.567. The van der Waals surface area contributed by atoms with Gasteiger partial charge < -0.3 is 9.80 Å². The summed E-state index contributed by atoms with van der Waals surface area (Å²) >= 11 is 0. The lowest BCUT2D eigenvalue weighted by Crippen LogP contribution is -2.48. The van der Waals surface area contributed by atoms with E-state index in [0.717, 1.165) is 0 Å². The summed E-state index contributed by atoms with van der Waals surface area (Å²) in [5, 5.41) is 0. The number of H-pyrrole nitrogens is 2. The smallest absolute Gasteiger partial charge is 0.327 e. The number of nitrogens with zero attached hydrogens (tertiary/aromatic N) is 4. The molecule has 122 valence electrons. The molecule has 1 aliphatic heterocycles. The second-order valence-corrected chi connectivity index (χ2v) is 5.26. The first-order valence-corrected chi connectivity index (χ1v) is 7.41. The molecule has 0 atom stereocenters. The van der Waals surface area contributed by atoms with Gasteiger partial charge in [0.25, 0.3) is 5.56 Å². The maximum absolute atomic E-state index is 14.3. The minimum absolute atomic E-state index is 0.302. The SMILES string of the molecule is CCc1ncnc(N2CCN(c3cc(=O)[nH]c(=O)[nH]3)CC2)c1F. The third-order valence-electron chi connectivity index (χ3n) is 3.84. The normalized spacial score (nSPS) is 15.0. The second-order valence-electron chi connectivity index (χ2n) is 5.26. The van der Waals surface area contributed by atoms with Crippen molar-refractivity contribution < 1.29 is 4.39 Å². The molecular formula is C14H17FN6O2. The molecule has 3 rings (SSSR count). The van der Waals surface area contributed by atoms with Crippen LogP contribution in [0.25, 0.3) is 0 Å². The van der Waals surface area contributed by atoms with E-state index < -0.39 is 11.2 Å². The van der Waals surface area contributed by atoms with E-state index in [9.17, 15) is 14.0 Å². The standard InChI is InChI=1S/C14H17FN6O2/c1-2-9-12(15)13(17-8-16-9)21-5-3-20(4-6-21)10-7-11(22)19-14(23)18-10/h7-8H,2-6H2,1H3,(H2,18,19,22,23). The summed E-state index contributed by atoms with van der Waals surface area (Å²) in [6, 6.07) is 1.34. The average molecular weight is 320 g/mol. The Bertz CT molecular complexity index is 781. The molecule has 0 bridgehead atoms. The Balaban J connectivity index is 1.76. The molecule has 1 aliphatic rings. The molecular weight excluding hydrogens is 303 g/mol. The highest BCUT2D eigenvalue weighted by atomic mass is 19.1. The molecule has 0 saturated carbocycles. The number of piperazine rings is 1. The molecule has 0 spiro atoms. The molecule has 1 saturated heterocycles. The van der Waals surface area contributed by atoms with Gasteiger partial charge in [-0.15, -0.1) is 0 Å². The van der Waals surface area contributed by atoms with E-state index in [4.69, 9.17) is 0 Å². The van der Waals surface area contributed by atoms with Crippen molar-refractivity contribution in [1.29, 1.82) is 0 Å². The number of rotatable bonds is 3. The summed E-state index contributed by atoms with van der Waals surface area (Å²) < 4.78 is 14.3. The highest BCUT2D eigenvalue weighted by Gasteiger charge is 2.22. The van der Waals surface area contributed by atoms with Crippen LogP contribution in [0, 0.1) is 5.82 Å². The lowest BCUT2D eigenvalue weighted by atomic mass is 10.2. The van der Waals surface area contributed by atoms with Crippen LogP contribution in [-0.2, 0) is 6.42 Å². The molecule has 9 heteroatoms. The van der Waals surface area contributed by atoms with E-state index in [2.05, 4.69) is 19.9 Å². The highest BCUT2D eigenvalue weighted by Crippen LogP contribution is 2.20. The van der Waals surface area contributed by atoms with Crippen LogP contribution in [-0.4, -0.2) is 46.1 Å². The van der Waals surface area contributed by atoms with Crippen molar-refractivity contribution >= 4 is 11.6 Å². The van der Waals surface area contributed by atoms with Gasteiger partial charge in [-0.3, -0.25) is 14.8 Å². The van der Waals surface area contributed by atoms with Gasteiger partial charge in [0.1, 0.15) is 12.1 Å². The van der Waals surface area contributed by atoms with Gasteiger partial charge in [-0.2, -0.15) is 0 Å². The van der Waals surface area contributed by atoms with Crippen LogP contribution in [0.3, 0.4) is 0 Å². The Kier molecular flexibility index (Phi) is 4.09. The first-order valence-electron chi connectivity index (χ1n) is 7.41. The largest absolute Gasteiger partial charge is 0.354 e. The number of halogens is 1. The van der Waals surface area contributed by atoms with E-state index in [0.29, 0.717) is 49.9 Å². The third-order valence-corrected chi connectivity index (χ3v) is 3.84. The van der Waals surface area contributed by atoms with Crippen molar-refractivity contribution in [2.24, 2.45) is 0 Å². The minimum atomic E-state index is -0.538. The Hall–Kier alpha value is -2.71. The van der Waals surface area contributed by atoms with E-state index in [1.807, 2.05) is 16.7 Å². The van der Waals surface area contributed by atoms with Crippen LogP contribution >= 0.6 is 0 Å². The number of nitrogens with one attached hydrogen (secondary N) is 2. The van der Waals surface area contributed by atoms with Crippen molar-refractivity contribution in [3.63, 3.8) is 0 Å². The molecule has 2 N–H and O–H groups in total. The van der Waals surface area contributed by atoms with Gasteiger partial charge in [0.15, 0.2) is 11.6 Å². The predicted octanol–water partition coefficient (Wildman–Crippen LogP) is -0.119. The van der Waals surface area contributed by atoms with Gasteiger partial charge in [0.05, 0.1) is 5.69 Å². The molecule has 0 unspecified atom stereocenters. The Labute approximate surface area is 131 Å². The number of hydrogen-bond acceptors (Lipinski definition) is 6. The number of aromatic nitrogens is 4. The van der Waals surface area contributed by atoms with E-state index >= 15 is 0 Å². The molecule has 0 radical (unpaired) electrons. The van der Waals surface area contributed by atoms with Crippen LogP contribution in [0.2, 0.25) is 0 Å². The topological polar surface area (TPSA) is 98.0 Å². The molecule has 3 heterocycles. The van der Waals surface area contributed by atoms with E-state index in [1.54, 1.807) is 0 Å². The molecule has 2 aromatic rings. The van der Waals surface area contributed by atoms with Crippen molar-refractivity contribution in [1.82, 2.24) is 19.9 Å². The fraction of sp³-hybridized carbons (Fsp3) is 0.429. The summed E-state index contributed by atoms with van der Waals surface area (Å²) in [5.41, 5.74) is -0.582. The van der Waals surface area contributed by atoms with Crippen LogP contribution in [0.1, 0.15) is 12.6 Å². The molecule has 23 heavy (non-hydrogen) atoms. The monoisotopic (exact) mass is 320 g/mol. The van der Waals surface area contributed by atoms with Gasteiger partial charge in [-0.05, 0) is 6.42 Å². The third kappa shape index (κ3) is 3.08. The minimum Gasteiger partial charge on any atom is -0.354 e. The Morgan fingerprint density at radius 1 is 1.13 bits per heavy atom. The number of aromatic amines is 2. The summed E-state index contributed by atoms with van der Waals surface area (Å²) in [6.45, 7) is 4.00. The van der Waals surface area contributed by atoms with Crippen molar-refractivity contribution in [2.45, 2.75) is 13.3 Å². The highest BCUT2D eigenvalue weighted by molar-refractivity contribution is 5.45. The summed E-state index contributed by atoms with van der Waals surface area (Å²) in [4.78, 5) is 39.2. The quantitative estimate of drug-likeness (QED) is 0.818. The second kappa shape index (κ2) is 6.19. The maximum Gasteiger partial charge on any atom is 0.327 e. The van der Waals surface area contributed by atoms with Crippen molar-refractivity contribution in [2.75, 3.05) is 36.0 Å². The van der Waals surface area contributed by atoms with Gasteiger partial charge in [-0.1, -0.05) is 6.92 Å². The van der Waals surface area contributed by atoms with Crippen molar-refractivity contribution in [3.8, 4) is 0 Å². The molecule has 0 aliphatic carbocycles. The average Bonchev–Trinajstić information content (AvgIpc) is 2.54. The predicted molar refractivity (Wildman–Crippen MR) is 83.5 cm³/mol. The molecule has 8 nitrogen and oxygen atoms in total. The van der Waals surface area contributed by atoms with Gasteiger partial charge in [-0.25, -0.2) is 19.2 Å². The number of anilines is 2. The number of hydrogen-bond donors (Lipinski definition) is 2. The van der Waals surface area contributed by atoms with E-state index in [-0.39, 0.29) is 5.82 Å². The van der Waals surface area contributed by atoms with Crippen LogP contribution in [0.15, 0.2) is 22.0 Å². The first kappa shape index (κ1) is 15.2. The molecule has 0 amide bonds. The Morgan fingerprint density at radius 2 is 1.83 bits per heavy atom. The number of aryl methyl sites for hydroxylation is 1. The summed E-state index contributed by atoms with van der Waals surface area (Å²) in [7, 11) is 0. The van der Waals surface area contributed by atoms with Crippen LogP contribution in [0.4, 0.5) is 16.0 Å². The zero-order valence-corrected chi connectivity index (χ0v) is 12.7. The summed E-state index contributed by atoms with van der Waals surface area (Å²) in [6.07, 6.45) is 1.88. The van der Waals surface area contributed by atoms with Gasteiger partial charge in [0, 0.05) is 32.2 Å². The Morgan fingerprint density at radius 3 is 2.48 bits per heavy atom. The molecule has 1 fully saturated rings. The van der Waals surface area contributed by atoms with Crippen LogP contribution < -0.4 is 21.0 Å². The van der Waals surface area contributed by atoms with Crippen LogP contribution in [0.5, 0.6) is 0 Å². The zero-order valence-electron chi connectivity index (χ0n) is 12.7. The van der Waals surface area contributed by atoms with Gasteiger partial charge >= 0.3 is 5.69 Å². The lowest BCUT2D eigenvalue weighted by Gasteiger charge is -2.36. The zero-order chi connectivity index (χ0) is 16.4. The molecule has 0 aromatic carbocycles.